The SMILES string of the molecule is O=C(NCc1ccc(N2CCOCC2)cc1C(F)(F)F)N(CCO)Cc1ccsc1. The summed E-state index contributed by atoms with van der Waals surface area (Å²) in [4.78, 5) is 15.7. The minimum atomic E-state index is -4.54. The molecule has 6 nitrogen and oxygen atoms in total. The van der Waals surface area contributed by atoms with E-state index < -0.39 is 17.8 Å². The maximum absolute atomic E-state index is 13.7. The summed E-state index contributed by atoms with van der Waals surface area (Å²) in [5, 5.41) is 15.5. The molecular formula is C20H24F3N3O3S. The molecule has 1 saturated heterocycles. The Morgan fingerprint density at radius 2 is 2.03 bits per heavy atom. The Balaban J connectivity index is 1.71. The van der Waals surface area contributed by atoms with Crippen molar-refractivity contribution in [3.63, 3.8) is 0 Å². The van der Waals surface area contributed by atoms with E-state index in [4.69, 9.17) is 4.74 Å². The summed E-state index contributed by atoms with van der Waals surface area (Å²) in [5.41, 5.74) is 0.611. The van der Waals surface area contributed by atoms with Crippen molar-refractivity contribution in [3.05, 3.63) is 51.7 Å². The van der Waals surface area contributed by atoms with Crippen molar-refractivity contribution in [2.24, 2.45) is 0 Å². The summed E-state index contributed by atoms with van der Waals surface area (Å²) < 4.78 is 46.2. The number of hydrogen-bond donors (Lipinski definition) is 2. The molecule has 0 spiro atoms. The second-order valence-electron chi connectivity index (χ2n) is 6.87. The second kappa shape index (κ2) is 10.1. The third kappa shape index (κ3) is 5.87. The van der Waals surface area contributed by atoms with Gasteiger partial charge in [0.25, 0.3) is 0 Å². The van der Waals surface area contributed by atoms with Crippen LogP contribution in [0.5, 0.6) is 0 Å². The molecule has 1 fully saturated rings. The molecule has 0 radical (unpaired) electrons. The minimum absolute atomic E-state index is 0.00709. The van der Waals surface area contributed by atoms with Gasteiger partial charge in [0.2, 0.25) is 0 Å². The molecule has 0 saturated carbocycles. The first kappa shape index (κ1) is 22.4. The third-order valence-electron chi connectivity index (χ3n) is 4.82. The first-order chi connectivity index (χ1) is 14.4. The number of urea groups is 1. The molecule has 2 heterocycles. The Labute approximate surface area is 176 Å². The van der Waals surface area contributed by atoms with Gasteiger partial charge in [-0.25, -0.2) is 4.79 Å². The van der Waals surface area contributed by atoms with E-state index in [1.807, 2.05) is 21.7 Å². The molecule has 1 aliphatic rings. The van der Waals surface area contributed by atoms with Gasteiger partial charge in [-0.2, -0.15) is 24.5 Å². The van der Waals surface area contributed by atoms with Crippen LogP contribution in [0.3, 0.4) is 0 Å². The number of nitrogens with zero attached hydrogens (tertiary/aromatic N) is 2. The molecule has 2 aromatic rings. The number of morpholine rings is 1. The number of thiophene rings is 1. The molecule has 0 unspecified atom stereocenters. The number of amides is 2. The molecular weight excluding hydrogens is 419 g/mol. The van der Waals surface area contributed by atoms with E-state index in [2.05, 4.69) is 5.32 Å². The lowest BCUT2D eigenvalue weighted by atomic mass is 10.0. The van der Waals surface area contributed by atoms with Gasteiger partial charge in [-0.1, -0.05) is 6.07 Å². The molecule has 1 aromatic heterocycles. The van der Waals surface area contributed by atoms with Crippen LogP contribution in [-0.2, 0) is 24.0 Å². The molecule has 3 rings (SSSR count). The van der Waals surface area contributed by atoms with E-state index in [1.165, 1.54) is 22.3 Å². The van der Waals surface area contributed by atoms with Crippen LogP contribution in [-0.4, -0.2) is 55.5 Å². The number of hydrogen-bond acceptors (Lipinski definition) is 5. The van der Waals surface area contributed by atoms with Crippen LogP contribution in [0.25, 0.3) is 0 Å². The Hall–Kier alpha value is -2.30. The number of carbonyl (C=O) groups is 1. The standard InChI is InChI=1S/C20H24F3N3O3S/c21-20(22,23)18-11-17(25-5-8-29-9-6-25)2-1-16(18)12-24-19(28)26(4-7-27)13-15-3-10-30-14-15/h1-3,10-11,14,27H,4-9,12-13H2,(H,24,28). The average Bonchev–Trinajstić information content (AvgIpc) is 3.25. The Morgan fingerprint density at radius 3 is 2.67 bits per heavy atom. The number of nitrogens with one attached hydrogen (secondary N) is 1. The van der Waals surface area contributed by atoms with Gasteiger partial charge in [-0.3, -0.25) is 0 Å². The number of rotatable bonds is 7. The average molecular weight is 443 g/mol. The van der Waals surface area contributed by atoms with Crippen LogP contribution in [0, 0.1) is 0 Å². The molecule has 164 valence electrons. The first-order valence-corrected chi connectivity index (χ1v) is 10.5. The summed E-state index contributed by atoms with van der Waals surface area (Å²) in [6.07, 6.45) is -4.54. The molecule has 0 atom stereocenters. The molecule has 2 N–H and O–H groups in total. The highest BCUT2D eigenvalue weighted by Crippen LogP contribution is 2.35. The van der Waals surface area contributed by atoms with Crippen molar-refractivity contribution in [1.29, 1.82) is 0 Å². The van der Waals surface area contributed by atoms with Crippen LogP contribution in [0.4, 0.5) is 23.7 Å². The number of carbonyl (C=O) groups excluding carboxylic acids is 1. The molecule has 0 bridgehead atoms. The van der Waals surface area contributed by atoms with E-state index in [-0.39, 0.29) is 31.8 Å². The fourth-order valence-corrected chi connectivity index (χ4v) is 3.92. The van der Waals surface area contributed by atoms with E-state index in [0.717, 1.165) is 11.6 Å². The number of benzene rings is 1. The fraction of sp³-hybridized carbons (Fsp3) is 0.450. The molecule has 10 heteroatoms. The molecule has 0 aliphatic carbocycles. The topological polar surface area (TPSA) is 65.0 Å². The van der Waals surface area contributed by atoms with Gasteiger partial charge in [0.1, 0.15) is 0 Å². The highest BCUT2D eigenvalue weighted by molar-refractivity contribution is 7.07. The highest BCUT2D eigenvalue weighted by atomic mass is 32.1. The minimum Gasteiger partial charge on any atom is -0.395 e. The van der Waals surface area contributed by atoms with Crippen molar-refractivity contribution in [2.75, 3.05) is 44.4 Å². The number of aliphatic hydroxyl groups excluding tert-OH is 1. The summed E-state index contributed by atoms with van der Waals surface area (Å²) in [6, 6.07) is 5.50. The number of alkyl halides is 3. The van der Waals surface area contributed by atoms with Gasteiger partial charge < -0.3 is 25.0 Å². The van der Waals surface area contributed by atoms with E-state index >= 15 is 0 Å². The van der Waals surface area contributed by atoms with Crippen LogP contribution in [0.1, 0.15) is 16.7 Å². The predicted octanol–water partition coefficient (Wildman–Crippen LogP) is 3.31. The van der Waals surface area contributed by atoms with Crippen molar-refractivity contribution in [2.45, 2.75) is 19.3 Å². The lowest BCUT2D eigenvalue weighted by Gasteiger charge is -2.30. The lowest BCUT2D eigenvalue weighted by molar-refractivity contribution is -0.138. The zero-order valence-electron chi connectivity index (χ0n) is 16.3. The van der Waals surface area contributed by atoms with E-state index in [9.17, 15) is 23.1 Å². The van der Waals surface area contributed by atoms with Gasteiger partial charge in [0.05, 0.1) is 25.4 Å². The smallest absolute Gasteiger partial charge is 0.395 e. The van der Waals surface area contributed by atoms with E-state index in [1.54, 1.807) is 6.07 Å². The number of anilines is 1. The van der Waals surface area contributed by atoms with E-state index in [0.29, 0.717) is 32.0 Å². The van der Waals surface area contributed by atoms with Crippen LogP contribution >= 0.6 is 11.3 Å². The Kier molecular flexibility index (Phi) is 7.57. The zero-order chi connectivity index (χ0) is 21.6. The summed E-state index contributed by atoms with van der Waals surface area (Å²) >= 11 is 1.48. The van der Waals surface area contributed by atoms with Gasteiger partial charge in [-0.15, -0.1) is 0 Å². The normalized spacial score (nSPS) is 14.6. The van der Waals surface area contributed by atoms with Crippen molar-refractivity contribution in [3.8, 4) is 0 Å². The largest absolute Gasteiger partial charge is 0.416 e. The van der Waals surface area contributed by atoms with Gasteiger partial charge >= 0.3 is 12.2 Å². The van der Waals surface area contributed by atoms with Crippen molar-refractivity contribution < 1.29 is 27.8 Å². The quantitative estimate of drug-likeness (QED) is 0.689. The van der Waals surface area contributed by atoms with Gasteiger partial charge in [0, 0.05) is 38.4 Å². The van der Waals surface area contributed by atoms with Crippen LogP contribution in [0.15, 0.2) is 35.0 Å². The number of ether oxygens (including phenoxy) is 1. The summed E-state index contributed by atoms with van der Waals surface area (Å²) in [5.74, 6) is 0. The fourth-order valence-electron chi connectivity index (χ4n) is 3.26. The number of halogens is 3. The van der Waals surface area contributed by atoms with Crippen molar-refractivity contribution >= 4 is 23.1 Å². The molecule has 1 aliphatic heterocycles. The maximum atomic E-state index is 13.7. The van der Waals surface area contributed by atoms with Crippen LogP contribution < -0.4 is 10.2 Å². The molecule has 1 aromatic carbocycles. The predicted molar refractivity (Wildman–Crippen MR) is 109 cm³/mol. The van der Waals surface area contributed by atoms with Gasteiger partial charge in [-0.05, 0) is 40.1 Å². The van der Waals surface area contributed by atoms with Gasteiger partial charge in [0.15, 0.2) is 0 Å². The lowest BCUT2D eigenvalue weighted by Crippen LogP contribution is -2.41. The first-order valence-electron chi connectivity index (χ1n) is 9.56. The monoisotopic (exact) mass is 443 g/mol. The second-order valence-corrected chi connectivity index (χ2v) is 7.65. The molecule has 2 amide bonds. The summed E-state index contributed by atoms with van der Waals surface area (Å²) in [6.45, 7) is 1.89. The maximum Gasteiger partial charge on any atom is 0.416 e. The Morgan fingerprint density at radius 1 is 1.27 bits per heavy atom. The Bertz CT molecular complexity index is 824. The zero-order valence-corrected chi connectivity index (χ0v) is 17.1. The van der Waals surface area contributed by atoms with Crippen molar-refractivity contribution in [1.82, 2.24) is 10.2 Å². The molecule has 30 heavy (non-hydrogen) atoms. The highest BCUT2D eigenvalue weighted by Gasteiger charge is 2.34. The van der Waals surface area contributed by atoms with Crippen LogP contribution in [0.2, 0.25) is 0 Å². The third-order valence-corrected chi connectivity index (χ3v) is 5.55. The summed E-state index contributed by atoms with van der Waals surface area (Å²) in [7, 11) is 0. The number of aliphatic hydroxyl groups is 1.